The van der Waals surface area contributed by atoms with Crippen LogP contribution < -0.4 is 0 Å². The van der Waals surface area contributed by atoms with Gasteiger partial charge in [-0.15, -0.1) is 6.58 Å². The Morgan fingerprint density at radius 2 is 2.12 bits per heavy atom. The lowest BCUT2D eigenvalue weighted by Crippen LogP contribution is -2.03. The van der Waals surface area contributed by atoms with Crippen molar-refractivity contribution in [3.63, 3.8) is 0 Å². The first-order valence-electron chi connectivity index (χ1n) is 5.10. The van der Waals surface area contributed by atoms with E-state index in [-0.39, 0.29) is 23.9 Å². The quantitative estimate of drug-likeness (QED) is 0.421. The van der Waals surface area contributed by atoms with Crippen LogP contribution >= 0.6 is 0 Å². The summed E-state index contributed by atoms with van der Waals surface area (Å²) in [5.74, 6) is -0.450. The monoisotopic (exact) mass is 222 g/mol. The van der Waals surface area contributed by atoms with Crippen LogP contribution in [0.25, 0.3) is 0 Å². The number of allylic oxidation sites excluding steroid dienone is 1. The molecule has 16 heavy (non-hydrogen) atoms. The lowest BCUT2D eigenvalue weighted by atomic mass is 10.2. The minimum Gasteiger partial charge on any atom is -0.460 e. The van der Waals surface area contributed by atoms with Crippen LogP contribution in [0.4, 0.5) is 0 Å². The predicted octanol–water partition coefficient (Wildman–Crippen LogP) is 2.61. The summed E-state index contributed by atoms with van der Waals surface area (Å²) in [5, 5.41) is 0. The van der Waals surface area contributed by atoms with Crippen molar-refractivity contribution in [2.75, 3.05) is 6.61 Å². The molecule has 0 unspecified atom stereocenters. The molecule has 86 valence electrons. The van der Waals surface area contributed by atoms with Crippen molar-refractivity contribution in [2.45, 2.75) is 19.8 Å². The topological polar surface area (TPSA) is 56.5 Å². The summed E-state index contributed by atoms with van der Waals surface area (Å²) in [6.07, 6.45) is 2.58. The van der Waals surface area contributed by atoms with E-state index in [0.29, 0.717) is 12.8 Å². The van der Waals surface area contributed by atoms with E-state index in [0.717, 1.165) is 0 Å². The van der Waals surface area contributed by atoms with Crippen LogP contribution in [0.1, 0.15) is 40.9 Å². The number of carbonyl (C=O) groups excluding carboxylic acids is 2. The van der Waals surface area contributed by atoms with Gasteiger partial charge in [-0.3, -0.25) is 4.79 Å². The minimum absolute atomic E-state index is 0.0591. The van der Waals surface area contributed by atoms with Crippen LogP contribution in [-0.4, -0.2) is 18.4 Å². The number of hydrogen-bond donors (Lipinski definition) is 0. The Morgan fingerprint density at radius 3 is 2.75 bits per heavy atom. The first-order chi connectivity index (χ1) is 7.69. The third kappa shape index (κ3) is 3.08. The van der Waals surface area contributed by atoms with Gasteiger partial charge >= 0.3 is 5.97 Å². The fraction of sp³-hybridized carbons (Fsp3) is 0.333. The van der Waals surface area contributed by atoms with E-state index in [2.05, 4.69) is 6.58 Å². The van der Waals surface area contributed by atoms with Gasteiger partial charge in [0.2, 0.25) is 5.76 Å². The van der Waals surface area contributed by atoms with E-state index < -0.39 is 5.97 Å². The van der Waals surface area contributed by atoms with E-state index in [4.69, 9.17) is 9.15 Å². The number of hydrogen-bond acceptors (Lipinski definition) is 4. The molecule has 0 aromatic carbocycles. The molecule has 0 radical (unpaired) electrons. The molecule has 1 heterocycles. The fourth-order valence-electron chi connectivity index (χ4n) is 1.16. The summed E-state index contributed by atoms with van der Waals surface area (Å²) in [4.78, 5) is 22.8. The molecule has 0 aliphatic carbocycles. The number of Topliss-reactive ketones (excluding diaryl/α,β-unsaturated/α-hetero) is 1. The van der Waals surface area contributed by atoms with Gasteiger partial charge in [0.05, 0.1) is 6.61 Å². The second kappa shape index (κ2) is 5.90. The molecule has 0 saturated heterocycles. The van der Waals surface area contributed by atoms with Crippen LogP contribution in [0.3, 0.4) is 0 Å². The smallest absolute Gasteiger partial charge is 0.374 e. The van der Waals surface area contributed by atoms with Crippen LogP contribution in [0.2, 0.25) is 0 Å². The molecule has 1 aromatic rings. The fourth-order valence-corrected chi connectivity index (χ4v) is 1.16. The molecular weight excluding hydrogens is 208 g/mol. The zero-order valence-corrected chi connectivity index (χ0v) is 9.19. The van der Waals surface area contributed by atoms with Gasteiger partial charge in [-0.2, -0.15) is 0 Å². The number of carbonyl (C=O) groups is 2. The number of ketones is 1. The van der Waals surface area contributed by atoms with E-state index in [1.165, 1.54) is 12.1 Å². The maximum absolute atomic E-state index is 11.5. The molecule has 4 heteroatoms. The maximum Gasteiger partial charge on any atom is 0.374 e. The molecule has 0 aliphatic heterocycles. The zero-order valence-electron chi connectivity index (χ0n) is 9.19. The Balaban J connectivity index is 2.67. The van der Waals surface area contributed by atoms with Gasteiger partial charge in [-0.25, -0.2) is 4.79 Å². The van der Waals surface area contributed by atoms with Crippen molar-refractivity contribution in [1.29, 1.82) is 0 Å². The highest BCUT2D eigenvalue weighted by atomic mass is 16.5. The van der Waals surface area contributed by atoms with Gasteiger partial charge < -0.3 is 9.15 Å². The molecular formula is C12H14O4. The van der Waals surface area contributed by atoms with Crippen molar-refractivity contribution >= 4 is 11.8 Å². The highest BCUT2D eigenvalue weighted by Gasteiger charge is 2.15. The molecule has 0 amide bonds. The first kappa shape index (κ1) is 12.2. The number of furan rings is 1. The molecule has 4 nitrogen and oxygen atoms in total. The summed E-state index contributed by atoms with van der Waals surface area (Å²) < 4.78 is 9.84. The van der Waals surface area contributed by atoms with E-state index >= 15 is 0 Å². The Labute approximate surface area is 93.9 Å². The van der Waals surface area contributed by atoms with E-state index in [1.54, 1.807) is 13.0 Å². The average Bonchev–Trinajstić information content (AvgIpc) is 2.75. The summed E-state index contributed by atoms with van der Waals surface area (Å²) >= 11 is 0. The SMILES string of the molecule is C=CCCC(=O)c1ccc(C(=O)OCC)o1. The Morgan fingerprint density at radius 1 is 1.44 bits per heavy atom. The van der Waals surface area contributed by atoms with E-state index in [1.807, 2.05) is 0 Å². The van der Waals surface area contributed by atoms with Crippen molar-refractivity contribution in [3.05, 3.63) is 36.3 Å². The molecule has 0 aliphatic rings. The molecule has 0 N–H and O–H groups in total. The lowest BCUT2D eigenvalue weighted by Gasteiger charge is -1.97. The number of rotatable bonds is 6. The van der Waals surface area contributed by atoms with Gasteiger partial charge in [0, 0.05) is 6.42 Å². The highest BCUT2D eigenvalue weighted by molar-refractivity contribution is 5.95. The Bertz CT molecular complexity index is 389. The third-order valence-electron chi connectivity index (χ3n) is 1.93. The largest absolute Gasteiger partial charge is 0.460 e. The second-order valence-corrected chi connectivity index (χ2v) is 3.13. The maximum atomic E-state index is 11.5. The van der Waals surface area contributed by atoms with Crippen LogP contribution in [0, 0.1) is 0 Å². The van der Waals surface area contributed by atoms with Crippen molar-refractivity contribution < 1.29 is 18.7 Å². The van der Waals surface area contributed by atoms with Crippen LogP contribution in [0.5, 0.6) is 0 Å². The van der Waals surface area contributed by atoms with Crippen molar-refractivity contribution in [2.24, 2.45) is 0 Å². The van der Waals surface area contributed by atoms with Gasteiger partial charge in [-0.1, -0.05) is 6.08 Å². The van der Waals surface area contributed by atoms with Gasteiger partial charge in [0.25, 0.3) is 0 Å². The van der Waals surface area contributed by atoms with Crippen molar-refractivity contribution in [1.82, 2.24) is 0 Å². The molecule has 0 saturated carbocycles. The average molecular weight is 222 g/mol. The summed E-state index contributed by atoms with van der Waals surface area (Å²) in [6.45, 7) is 5.51. The van der Waals surface area contributed by atoms with E-state index in [9.17, 15) is 9.59 Å². The van der Waals surface area contributed by atoms with Crippen molar-refractivity contribution in [3.8, 4) is 0 Å². The third-order valence-corrected chi connectivity index (χ3v) is 1.93. The normalized spacial score (nSPS) is 9.81. The summed E-state index contributed by atoms with van der Waals surface area (Å²) in [7, 11) is 0. The molecule has 0 bridgehead atoms. The molecule has 1 rings (SSSR count). The van der Waals surface area contributed by atoms with Crippen LogP contribution in [0.15, 0.2) is 29.2 Å². The molecule has 1 aromatic heterocycles. The molecule has 0 fully saturated rings. The second-order valence-electron chi connectivity index (χ2n) is 3.13. The van der Waals surface area contributed by atoms with Gasteiger partial charge in [0.15, 0.2) is 11.5 Å². The predicted molar refractivity (Wildman–Crippen MR) is 58.4 cm³/mol. The molecule has 0 atom stereocenters. The minimum atomic E-state index is -0.551. The van der Waals surface area contributed by atoms with Crippen LogP contribution in [-0.2, 0) is 4.74 Å². The molecule has 0 spiro atoms. The summed E-state index contributed by atoms with van der Waals surface area (Å²) in [5.41, 5.74) is 0. The first-order valence-corrected chi connectivity index (χ1v) is 5.10. The lowest BCUT2D eigenvalue weighted by molar-refractivity contribution is 0.0488. The zero-order chi connectivity index (χ0) is 12.0. The number of esters is 1. The van der Waals surface area contributed by atoms with Gasteiger partial charge in [-0.05, 0) is 25.5 Å². The Hall–Kier alpha value is -1.84. The Kier molecular flexibility index (Phi) is 4.51. The number of ether oxygens (including phenoxy) is 1. The van der Waals surface area contributed by atoms with Gasteiger partial charge in [0.1, 0.15) is 0 Å². The summed E-state index contributed by atoms with van der Waals surface area (Å²) in [6, 6.07) is 2.93. The highest BCUT2D eigenvalue weighted by Crippen LogP contribution is 2.12. The standard InChI is InChI=1S/C12H14O4/c1-3-5-6-9(13)10-7-8-11(16-10)12(14)15-4-2/h3,7-8H,1,4-6H2,2H3.